The van der Waals surface area contributed by atoms with Gasteiger partial charge in [0.05, 0.1) is 0 Å². The number of rotatable bonds is 3. The van der Waals surface area contributed by atoms with E-state index >= 15 is 0 Å². The predicted molar refractivity (Wildman–Crippen MR) is 89.0 cm³/mol. The van der Waals surface area contributed by atoms with Crippen LogP contribution in [0.1, 0.15) is 32.1 Å². The summed E-state index contributed by atoms with van der Waals surface area (Å²) in [5, 5.41) is 7.50. The first-order chi connectivity index (χ1) is 11.7. The van der Waals surface area contributed by atoms with E-state index in [1.165, 1.54) is 32.1 Å². The quantitative estimate of drug-likeness (QED) is 0.841. The monoisotopic (exact) mass is 350 g/mol. The minimum atomic E-state index is -3.57. The van der Waals surface area contributed by atoms with Crippen LogP contribution in [-0.2, 0) is 10.0 Å². The van der Waals surface area contributed by atoms with Crippen molar-refractivity contribution in [3.8, 4) is 0 Å². The summed E-state index contributed by atoms with van der Waals surface area (Å²) >= 11 is 0. The molecule has 1 aliphatic heterocycles. The van der Waals surface area contributed by atoms with Gasteiger partial charge in [-0.05, 0) is 35.3 Å². The second-order valence-corrected chi connectivity index (χ2v) is 8.53. The van der Waals surface area contributed by atoms with Crippen LogP contribution in [0.5, 0.6) is 0 Å². The second-order valence-electron chi connectivity index (χ2n) is 6.62. The Hall–Kier alpha value is -1.51. The van der Waals surface area contributed by atoms with Gasteiger partial charge in [0.1, 0.15) is 10.4 Å². The fourth-order valence-electron chi connectivity index (χ4n) is 3.88. The van der Waals surface area contributed by atoms with Gasteiger partial charge in [-0.2, -0.15) is 4.31 Å². The molecule has 1 saturated heterocycles. The van der Waals surface area contributed by atoms with Gasteiger partial charge in [0, 0.05) is 32.2 Å². The highest BCUT2D eigenvalue weighted by Crippen LogP contribution is 2.27. The Labute approximate surface area is 141 Å². The van der Waals surface area contributed by atoms with Crippen molar-refractivity contribution in [2.24, 2.45) is 0 Å². The van der Waals surface area contributed by atoms with Crippen LogP contribution < -0.4 is 0 Å². The molecule has 0 spiro atoms. The molecule has 0 bridgehead atoms. The van der Waals surface area contributed by atoms with Crippen LogP contribution in [0.3, 0.4) is 0 Å². The lowest BCUT2D eigenvalue weighted by Crippen LogP contribution is -2.52. The molecule has 4 rings (SSSR count). The zero-order valence-corrected chi connectivity index (χ0v) is 14.4. The number of nitrogens with zero attached hydrogens (tertiary/aromatic N) is 4. The highest BCUT2D eigenvalue weighted by atomic mass is 32.2. The van der Waals surface area contributed by atoms with Gasteiger partial charge >= 0.3 is 0 Å². The van der Waals surface area contributed by atoms with E-state index in [0.717, 1.165) is 13.1 Å². The van der Waals surface area contributed by atoms with Crippen molar-refractivity contribution in [1.29, 1.82) is 0 Å². The van der Waals surface area contributed by atoms with Crippen molar-refractivity contribution >= 4 is 21.1 Å². The molecule has 7 nitrogen and oxygen atoms in total. The molecule has 0 radical (unpaired) electrons. The van der Waals surface area contributed by atoms with Gasteiger partial charge < -0.3 is 0 Å². The van der Waals surface area contributed by atoms with Crippen LogP contribution in [0.2, 0.25) is 0 Å². The molecule has 1 saturated carbocycles. The summed E-state index contributed by atoms with van der Waals surface area (Å²) < 4.78 is 32.2. The lowest BCUT2D eigenvalue weighted by molar-refractivity contribution is 0.111. The van der Waals surface area contributed by atoms with Gasteiger partial charge in [0.2, 0.25) is 10.0 Å². The van der Waals surface area contributed by atoms with Crippen molar-refractivity contribution in [1.82, 2.24) is 19.5 Å². The van der Waals surface area contributed by atoms with Crippen LogP contribution in [0.4, 0.5) is 0 Å². The van der Waals surface area contributed by atoms with Gasteiger partial charge in [-0.1, -0.05) is 25.3 Å². The lowest BCUT2D eigenvalue weighted by atomic mass is 9.94. The first-order valence-electron chi connectivity index (χ1n) is 8.62. The van der Waals surface area contributed by atoms with Gasteiger partial charge in [-0.3, -0.25) is 4.90 Å². The fraction of sp³-hybridized carbons (Fsp3) is 0.625. The normalized spacial score (nSPS) is 22.2. The molecule has 1 aromatic carbocycles. The number of hydrogen-bond acceptors (Lipinski definition) is 6. The van der Waals surface area contributed by atoms with Crippen LogP contribution in [0.25, 0.3) is 11.0 Å². The Balaban J connectivity index is 1.51. The maximum absolute atomic E-state index is 13.0. The Kier molecular flexibility index (Phi) is 4.28. The van der Waals surface area contributed by atoms with E-state index in [9.17, 15) is 8.42 Å². The molecule has 0 N–H and O–H groups in total. The Morgan fingerprint density at radius 1 is 1.00 bits per heavy atom. The third-order valence-electron chi connectivity index (χ3n) is 5.23. The van der Waals surface area contributed by atoms with Crippen LogP contribution >= 0.6 is 0 Å². The highest BCUT2D eigenvalue weighted by Gasteiger charge is 2.33. The molecule has 24 heavy (non-hydrogen) atoms. The van der Waals surface area contributed by atoms with E-state index in [0.29, 0.717) is 30.2 Å². The maximum Gasteiger partial charge on any atom is 0.245 e. The van der Waals surface area contributed by atoms with Crippen molar-refractivity contribution in [2.75, 3.05) is 26.2 Å². The Morgan fingerprint density at radius 2 is 1.75 bits per heavy atom. The van der Waals surface area contributed by atoms with Crippen LogP contribution in [0.15, 0.2) is 27.7 Å². The maximum atomic E-state index is 13.0. The summed E-state index contributed by atoms with van der Waals surface area (Å²) in [5.41, 5.74) is 0.782. The topological polar surface area (TPSA) is 79.5 Å². The van der Waals surface area contributed by atoms with E-state index in [2.05, 4.69) is 15.2 Å². The minimum absolute atomic E-state index is 0.187. The van der Waals surface area contributed by atoms with E-state index in [1.54, 1.807) is 22.5 Å². The minimum Gasteiger partial charge on any atom is -0.298 e. The standard InChI is InChI=1S/C16H22N4O3S/c21-24(22,15-8-4-7-14-16(15)18-23-17-14)20-11-9-19(10-12-20)13-5-2-1-3-6-13/h4,7-8,13H,1-3,5-6,9-12H2. The first-order valence-corrected chi connectivity index (χ1v) is 10.1. The summed E-state index contributed by atoms with van der Waals surface area (Å²) in [6.45, 7) is 2.66. The van der Waals surface area contributed by atoms with Crippen LogP contribution in [0, 0.1) is 0 Å². The average molecular weight is 350 g/mol. The lowest BCUT2D eigenvalue weighted by Gasteiger charge is -2.40. The van der Waals surface area contributed by atoms with Crippen molar-refractivity contribution < 1.29 is 13.0 Å². The zero-order chi connectivity index (χ0) is 16.6. The third kappa shape index (κ3) is 2.82. The van der Waals surface area contributed by atoms with E-state index in [1.807, 2.05) is 0 Å². The van der Waals surface area contributed by atoms with Crippen LogP contribution in [-0.4, -0.2) is 60.2 Å². The van der Waals surface area contributed by atoms with E-state index in [4.69, 9.17) is 4.63 Å². The SMILES string of the molecule is O=S(=O)(c1cccc2nonc12)N1CCN(C2CCCCC2)CC1. The molecular weight excluding hydrogens is 328 g/mol. The molecule has 130 valence electrons. The molecule has 2 heterocycles. The molecule has 2 fully saturated rings. The smallest absolute Gasteiger partial charge is 0.245 e. The Bertz CT molecular complexity index is 806. The number of hydrogen-bond donors (Lipinski definition) is 0. The third-order valence-corrected chi connectivity index (χ3v) is 7.16. The van der Waals surface area contributed by atoms with Crippen molar-refractivity contribution in [3.63, 3.8) is 0 Å². The van der Waals surface area contributed by atoms with Gasteiger partial charge in [-0.25, -0.2) is 13.0 Å². The van der Waals surface area contributed by atoms with Gasteiger partial charge in [-0.15, -0.1) is 0 Å². The largest absolute Gasteiger partial charge is 0.298 e. The summed E-state index contributed by atoms with van der Waals surface area (Å²) in [5.74, 6) is 0. The number of benzene rings is 1. The van der Waals surface area contributed by atoms with Crippen molar-refractivity contribution in [2.45, 2.75) is 43.0 Å². The summed E-state index contributed by atoms with van der Waals surface area (Å²) in [6, 6.07) is 5.59. The molecule has 0 unspecified atom stereocenters. The average Bonchev–Trinajstić information content (AvgIpc) is 3.11. The molecule has 2 aliphatic rings. The molecular formula is C16H22N4O3S. The highest BCUT2D eigenvalue weighted by molar-refractivity contribution is 7.89. The molecule has 8 heteroatoms. The molecule has 1 aromatic heterocycles. The number of sulfonamides is 1. The molecule has 0 atom stereocenters. The predicted octanol–water partition coefficient (Wildman–Crippen LogP) is 1.86. The summed E-state index contributed by atoms with van der Waals surface area (Å²) in [7, 11) is -3.57. The van der Waals surface area contributed by atoms with E-state index < -0.39 is 10.0 Å². The first kappa shape index (κ1) is 16.0. The molecule has 2 aromatic rings. The number of fused-ring (bicyclic) bond motifs is 1. The van der Waals surface area contributed by atoms with Gasteiger partial charge in [0.25, 0.3) is 0 Å². The number of aromatic nitrogens is 2. The second kappa shape index (κ2) is 6.42. The van der Waals surface area contributed by atoms with Crippen molar-refractivity contribution in [3.05, 3.63) is 18.2 Å². The molecule has 0 amide bonds. The summed E-state index contributed by atoms with van der Waals surface area (Å²) in [6.07, 6.45) is 6.42. The molecule has 1 aliphatic carbocycles. The summed E-state index contributed by atoms with van der Waals surface area (Å²) in [4.78, 5) is 2.65. The Morgan fingerprint density at radius 3 is 2.50 bits per heavy atom. The van der Waals surface area contributed by atoms with E-state index in [-0.39, 0.29) is 4.90 Å². The number of piperazine rings is 1. The fourth-order valence-corrected chi connectivity index (χ4v) is 5.44. The van der Waals surface area contributed by atoms with Gasteiger partial charge in [0.15, 0.2) is 5.52 Å². The zero-order valence-electron chi connectivity index (χ0n) is 13.6.